The van der Waals surface area contributed by atoms with Crippen molar-refractivity contribution >= 4 is 11.9 Å². The summed E-state index contributed by atoms with van der Waals surface area (Å²) in [5.74, 6) is 1.63. The second-order valence-electron chi connectivity index (χ2n) is 8.67. The molecule has 1 aromatic carbocycles. The van der Waals surface area contributed by atoms with Crippen LogP contribution in [0.3, 0.4) is 0 Å². The van der Waals surface area contributed by atoms with Crippen LogP contribution in [0.25, 0.3) is 0 Å². The summed E-state index contributed by atoms with van der Waals surface area (Å²) in [6.45, 7) is 6.39. The number of benzene rings is 1. The fraction of sp³-hybridized carbons (Fsp3) is 0.542. The third-order valence-corrected chi connectivity index (χ3v) is 6.49. The number of carbonyl (C=O) groups is 1. The predicted molar refractivity (Wildman–Crippen MR) is 124 cm³/mol. The van der Waals surface area contributed by atoms with Crippen molar-refractivity contribution in [3.63, 3.8) is 0 Å². The number of rotatable bonds is 6. The normalized spacial score (nSPS) is 18.7. The van der Waals surface area contributed by atoms with Crippen LogP contribution in [0, 0.1) is 5.92 Å². The first-order valence-electron chi connectivity index (χ1n) is 11.6. The average molecular weight is 439 g/mol. The molecule has 8 heteroatoms. The van der Waals surface area contributed by atoms with Gasteiger partial charge in [0, 0.05) is 58.9 Å². The number of piperidine rings is 1. The number of aliphatic imine (C=N–C) groups is 1. The van der Waals surface area contributed by atoms with E-state index in [9.17, 15) is 4.79 Å². The number of aromatic nitrogens is 1. The van der Waals surface area contributed by atoms with E-state index in [1.54, 1.807) is 13.3 Å². The van der Waals surface area contributed by atoms with Crippen molar-refractivity contribution in [3.8, 4) is 0 Å². The monoisotopic (exact) mass is 438 g/mol. The van der Waals surface area contributed by atoms with Gasteiger partial charge in [0.25, 0.3) is 0 Å². The molecule has 1 aromatic heterocycles. The van der Waals surface area contributed by atoms with Gasteiger partial charge < -0.3 is 19.6 Å². The van der Waals surface area contributed by atoms with Crippen molar-refractivity contribution in [3.05, 3.63) is 53.9 Å². The number of guanidine groups is 1. The van der Waals surface area contributed by atoms with Crippen molar-refractivity contribution in [2.24, 2.45) is 10.9 Å². The van der Waals surface area contributed by atoms with Crippen molar-refractivity contribution in [2.45, 2.75) is 25.8 Å². The van der Waals surface area contributed by atoms with Gasteiger partial charge in [0.05, 0.1) is 12.2 Å². The lowest BCUT2D eigenvalue weighted by Gasteiger charge is -2.36. The maximum Gasteiger partial charge on any atom is 0.241 e. The molecule has 2 aliphatic heterocycles. The van der Waals surface area contributed by atoms with E-state index >= 15 is 0 Å². The number of nitrogens with zero attached hydrogens (tertiary/aromatic N) is 5. The minimum atomic E-state index is 0.161. The van der Waals surface area contributed by atoms with Gasteiger partial charge in [0.2, 0.25) is 5.91 Å². The summed E-state index contributed by atoms with van der Waals surface area (Å²) in [5, 5.41) is 7.28. The second-order valence-corrected chi connectivity index (χ2v) is 8.67. The van der Waals surface area contributed by atoms with Crippen LogP contribution >= 0.6 is 0 Å². The highest BCUT2D eigenvalue weighted by molar-refractivity contribution is 5.86. The molecule has 0 spiro atoms. The smallest absolute Gasteiger partial charge is 0.241 e. The van der Waals surface area contributed by atoms with E-state index in [2.05, 4.69) is 55.6 Å². The lowest BCUT2D eigenvalue weighted by molar-refractivity contribution is -0.131. The summed E-state index contributed by atoms with van der Waals surface area (Å²) in [4.78, 5) is 23.7. The standard InChI is InChI=1S/C24H34N6O2/c1-25-24(30-14-12-28(13-15-30)19-22-9-16-32-27-22)26-18-23(31)29-10-7-21(8-11-29)17-20-5-3-2-4-6-20/h2-6,9,16,21H,7-8,10-15,17-19H2,1H3,(H,25,26). The molecular weight excluding hydrogens is 404 g/mol. The van der Waals surface area contributed by atoms with E-state index in [1.165, 1.54) is 5.56 Å². The number of piperazine rings is 1. The molecule has 3 heterocycles. The van der Waals surface area contributed by atoms with E-state index in [0.29, 0.717) is 12.5 Å². The van der Waals surface area contributed by atoms with Gasteiger partial charge in [-0.2, -0.15) is 0 Å². The Kier molecular flexibility index (Phi) is 7.77. The number of nitrogens with one attached hydrogen (secondary N) is 1. The molecule has 2 aromatic rings. The molecule has 2 aliphatic rings. The highest BCUT2D eigenvalue weighted by atomic mass is 16.5. The first kappa shape index (κ1) is 22.3. The van der Waals surface area contributed by atoms with Gasteiger partial charge in [-0.1, -0.05) is 35.5 Å². The molecule has 1 amide bonds. The molecule has 0 bridgehead atoms. The number of likely N-dealkylation sites (tertiary alicyclic amines) is 1. The van der Waals surface area contributed by atoms with Gasteiger partial charge in [0.1, 0.15) is 6.26 Å². The van der Waals surface area contributed by atoms with Crippen molar-refractivity contribution in [2.75, 3.05) is 52.9 Å². The molecule has 0 saturated carbocycles. The quantitative estimate of drug-likeness (QED) is 0.548. The van der Waals surface area contributed by atoms with Crippen LogP contribution in [0.4, 0.5) is 0 Å². The van der Waals surface area contributed by atoms with Crippen LogP contribution in [-0.4, -0.2) is 84.6 Å². The van der Waals surface area contributed by atoms with Gasteiger partial charge in [0.15, 0.2) is 5.96 Å². The van der Waals surface area contributed by atoms with Gasteiger partial charge in [-0.05, 0) is 30.7 Å². The maximum atomic E-state index is 12.8. The lowest BCUT2D eigenvalue weighted by atomic mass is 9.90. The fourth-order valence-electron chi connectivity index (χ4n) is 4.60. The Hall–Kier alpha value is -2.87. The SMILES string of the molecule is CN=C(NCC(=O)N1CCC(Cc2ccccc2)CC1)N1CCN(Cc2ccon2)CC1. The first-order chi connectivity index (χ1) is 15.7. The highest BCUT2D eigenvalue weighted by Gasteiger charge is 2.24. The van der Waals surface area contributed by atoms with Gasteiger partial charge in [-0.25, -0.2) is 0 Å². The fourth-order valence-corrected chi connectivity index (χ4v) is 4.60. The molecule has 0 radical (unpaired) electrons. The van der Waals surface area contributed by atoms with E-state index in [-0.39, 0.29) is 5.91 Å². The topological polar surface area (TPSA) is 77.2 Å². The zero-order chi connectivity index (χ0) is 22.2. The molecule has 4 rings (SSSR count). The molecule has 2 fully saturated rings. The Morgan fingerprint density at radius 2 is 1.81 bits per heavy atom. The summed E-state index contributed by atoms with van der Waals surface area (Å²) in [5.41, 5.74) is 2.35. The van der Waals surface area contributed by atoms with Gasteiger partial charge >= 0.3 is 0 Å². The summed E-state index contributed by atoms with van der Waals surface area (Å²) in [6.07, 6.45) is 4.86. The maximum absolute atomic E-state index is 12.8. The number of hydrogen-bond acceptors (Lipinski definition) is 5. The van der Waals surface area contributed by atoms with Crippen LogP contribution in [0.5, 0.6) is 0 Å². The molecule has 0 unspecified atom stereocenters. The Labute approximate surface area is 190 Å². The molecule has 2 saturated heterocycles. The third kappa shape index (κ3) is 6.09. The van der Waals surface area contributed by atoms with Crippen molar-refractivity contribution in [1.29, 1.82) is 0 Å². The average Bonchev–Trinajstić information content (AvgIpc) is 3.34. The van der Waals surface area contributed by atoms with E-state index in [4.69, 9.17) is 4.52 Å². The first-order valence-corrected chi connectivity index (χ1v) is 11.6. The summed E-state index contributed by atoms with van der Waals surface area (Å²) < 4.78 is 4.92. The molecule has 0 aliphatic carbocycles. The summed E-state index contributed by atoms with van der Waals surface area (Å²) in [7, 11) is 1.78. The summed E-state index contributed by atoms with van der Waals surface area (Å²) >= 11 is 0. The number of amides is 1. The summed E-state index contributed by atoms with van der Waals surface area (Å²) in [6, 6.07) is 12.6. The molecular formula is C24H34N6O2. The van der Waals surface area contributed by atoms with Crippen LogP contribution in [0.1, 0.15) is 24.1 Å². The van der Waals surface area contributed by atoms with Gasteiger partial charge in [-0.15, -0.1) is 0 Å². The molecule has 8 nitrogen and oxygen atoms in total. The molecule has 0 atom stereocenters. The largest absolute Gasteiger partial charge is 0.364 e. The third-order valence-electron chi connectivity index (χ3n) is 6.49. The second kappa shape index (κ2) is 11.1. The Balaban J connectivity index is 1.16. The molecule has 32 heavy (non-hydrogen) atoms. The highest BCUT2D eigenvalue weighted by Crippen LogP contribution is 2.21. The van der Waals surface area contributed by atoms with E-state index in [1.807, 2.05) is 11.0 Å². The minimum absolute atomic E-state index is 0.161. The van der Waals surface area contributed by atoms with E-state index < -0.39 is 0 Å². The van der Waals surface area contributed by atoms with Crippen molar-refractivity contribution < 1.29 is 9.32 Å². The van der Waals surface area contributed by atoms with Crippen LogP contribution in [-0.2, 0) is 17.8 Å². The number of hydrogen-bond donors (Lipinski definition) is 1. The van der Waals surface area contributed by atoms with Crippen LogP contribution in [0.2, 0.25) is 0 Å². The molecule has 172 valence electrons. The van der Waals surface area contributed by atoms with Crippen LogP contribution < -0.4 is 5.32 Å². The Bertz CT molecular complexity index is 854. The predicted octanol–water partition coefficient (Wildman–Crippen LogP) is 1.85. The van der Waals surface area contributed by atoms with Crippen molar-refractivity contribution in [1.82, 2.24) is 25.2 Å². The van der Waals surface area contributed by atoms with E-state index in [0.717, 1.165) is 76.7 Å². The van der Waals surface area contributed by atoms with Crippen LogP contribution in [0.15, 0.2) is 52.2 Å². The van der Waals surface area contributed by atoms with Gasteiger partial charge in [-0.3, -0.25) is 14.7 Å². The zero-order valence-electron chi connectivity index (χ0n) is 18.9. The Morgan fingerprint density at radius 1 is 1.06 bits per heavy atom. The number of carbonyl (C=O) groups excluding carboxylic acids is 1. The Morgan fingerprint density at radius 3 is 2.47 bits per heavy atom. The molecule has 1 N–H and O–H groups in total. The zero-order valence-corrected chi connectivity index (χ0v) is 18.9. The lowest BCUT2D eigenvalue weighted by Crippen LogP contribution is -2.54. The minimum Gasteiger partial charge on any atom is -0.364 e.